The Kier molecular flexibility index (Phi) is 7.20. The molecule has 1 aromatic rings. The highest BCUT2D eigenvalue weighted by Crippen LogP contribution is 2.23. The van der Waals surface area contributed by atoms with Gasteiger partial charge >= 0.3 is 5.97 Å². The van der Waals surface area contributed by atoms with Crippen molar-refractivity contribution in [3.05, 3.63) is 29.8 Å². The van der Waals surface area contributed by atoms with Gasteiger partial charge in [-0.3, -0.25) is 9.69 Å². The Labute approximate surface area is 156 Å². The number of nitrogens with zero attached hydrogens (tertiary/aromatic N) is 2. The van der Waals surface area contributed by atoms with Crippen LogP contribution in [0.4, 0.5) is 0 Å². The van der Waals surface area contributed by atoms with E-state index in [0.717, 1.165) is 24.8 Å². The monoisotopic (exact) mass is 382 g/mol. The second-order valence-corrected chi connectivity index (χ2v) is 9.48. The van der Waals surface area contributed by atoms with Gasteiger partial charge in [-0.2, -0.15) is 4.31 Å². The van der Waals surface area contributed by atoms with E-state index in [4.69, 9.17) is 5.11 Å². The molecular weight excluding hydrogens is 352 g/mol. The Morgan fingerprint density at radius 3 is 2.46 bits per heavy atom. The molecule has 0 bridgehead atoms. The highest BCUT2D eigenvalue weighted by atomic mass is 32.2. The fourth-order valence-electron chi connectivity index (χ4n) is 3.49. The number of rotatable bonds is 7. The second kappa shape index (κ2) is 8.97. The Balaban J connectivity index is 2.06. The molecule has 1 unspecified atom stereocenters. The van der Waals surface area contributed by atoms with Gasteiger partial charge in [0, 0.05) is 19.1 Å². The summed E-state index contributed by atoms with van der Waals surface area (Å²) in [6.45, 7) is 5.16. The Hall–Kier alpha value is -1.44. The van der Waals surface area contributed by atoms with E-state index in [1.54, 1.807) is 28.4 Å². The normalized spacial score (nSPS) is 19.7. The molecule has 1 saturated heterocycles. The predicted molar refractivity (Wildman–Crippen MR) is 102 cm³/mol. The van der Waals surface area contributed by atoms with Crippen LogP contribution in [0.3, 0.4) is 0 Å². The van der Waals surface area contributed by atoms with E-state index in [9.17, 15) is 13.2 Å². The molecule has 1 aromatic carbocycles. The summed E-state index contributed by atoms with van der Waals surface area (Å²) in [6, 6.07) is 7.29. The summed E-state index contributed by atoms with van der Waals surface area (Å²) in [5.41, 5.74) is 1.14. The van der Waals surface area contributed by atoms with Gasteiger partial charge in [0.25, 0.3) is 0 Å². The number of carbonyl (C=O) groups is 1. The largest absolute Gasteiger partial charge is 0.480 e. The van der Waals surface area contributed by atoms with Gasteiger partial charge in [0.05, 0.1) is 11.4 Å². The van der Waals surface area contributed by atoms with E-state index in [1.807, 2.05) is 12.1 Å². The number of likely N-dealkylation sites (N-methyl/N-ethyl adjacent to an activating group) is 1. The Morgan fingerprint density at radius 2 is 1.88 bits per heavy atom. The molecule has 0 saturated carbocycles. The number of hydrogen-bond donors (Lipinski definition) is 1. The van der Waals surface area contributed by atoms with Gasteiger partial charge in [-0.1, -0.05) is 26.0 Å². The van der Waals surface area contributed by atoms with E-state index >= 15 is 0 Å². The standard InChI is InChI=1S/C19H30N2O4S/c1-15(2)13-16-6-8-18(9-7-16)26(24,25)21-11-4-5-17(10-12-21)20(3)14-19(22)23/h6-9,15,17H,4-5,10-14H2,1-3H3,(H,22,23). The van der Waals surface area contributed by atoms with Crippen molar-refractivity contribution >= 4 is 16.0 Å². The molecule has 1 aliphatic heterocycles. The minimum atomic E-state index is -3.50. The topological polar surface area (TPSA) is 77.9 Å². The van der Waals surface area contributed by atoms with E-state index in [0.29, 0.717) is 30.3 Å². The fourth-order valence-corrected chi connectivity index (χ4v) is 4.99. The molecule has 0 aromatic heterocycles. The summed E-state index contributed by atoms with van der Waals surface area (Å²) in [5.74, 6) is -0.328. The molecule has 0 amide bonds. The lowest BCUT2D eigenvalue weighted by molar-refractivity contribution is -0.138. The molecule has 146 valence electrons. The molecule has 0 aliphatic carbocycles. The van der Waals surface area contributed by atoms with Crippen molar-refractivity contribution in [2.75, 3.05) is 26.7 Å². The predicted octanol–water partition coefficient (Wildman–Crippen LogP) is 2.44. The van der Waals surface area contributed by atoms with Crippen molar-refractivity contribution in [2.45, 2.75) is 50.5 Å². The molecular formula is C19H30N2O4S. The van der Waals surface area contributed by atoms with Crippen LogP contribution in [0, 0.1) is 5.92 Å². The fraction of sp³-hybridized carbons (Fsp3) is 0.632. The maximum atomic E-state index is 12.9. The van der Waals surface area contributed by atoms with Crippen molar-refractivity contribution in [2.24, 2.45) is 5.92 Å². The van der Waals surface area contributed by atoms with Gasteiger partial charge < -0.3 is 5.11 Å². The molecule has 1 atom stereocenters. The summed E-state index contributed by atoms with van der Waals surface area (Å²) in [6.07, 6.45) is 3.12. The van der Waals surface area contributed by atoms with Crippen LogP contribution in [0.15, 0.2) is 29.2 Å². The van der Waals surface area contributed by atoms with Crippen LogP contribution < -0.4 is 0 Å². The average Bonchev–Trinajstić information content (AvgIpc) is 2.80. The molecule has 1 N–H and O–H groups in total. The quantitative estimate of drug-likeness (QED) is 0.784. The van der Waals surface area contributed by atoms with Crippen LogP contribution in [0.5, 0.6) is 0 Å². The molecule has 6 nitrogen and oxygen atoms in total. The minimum absolute atomic E-state index is 0.0191. The summed E-state index contributed by atoms with van der Waals surface area (Å²) in [7, 11) is -1.72. The Morgan fingerprint density at radius 1 is 1.23 bits per heavy atom. The number of carboxylic acids is 1. The van der Waals surface area contributed by atoms with Crippen LogP contribution in [0.1, 0.15) is 38.7 Å². The lowest BCUT2D eigenvalue weighted by Crippen LogP contribution is -2.37. The van der Waals surface area contributed by atoms with Crippen LogP contribution in [0.2, 0.25) is 0 Å². The second-order valence-electron chi connectivity index (χ2n) is 7.54. The van der Waals surface area contributed by atoms with Gasteiger partial charge in [0.2, 0.25) is 10.0 Å². The van der Waals surface area contributed by atoms with Gasteiger partial charge in [0.1, 0.15) is 0 Å². The van der Waals surface area contributed by atoms with Crippen LogP contribution in [0.25, 0.3) is 0 Å². The number of carboxylic acid groups (broad SMARTS) is 1. The molecule has 7 heteroatoms. The maximum absolute atomic E-state index is 12.9. The third kappa shape index (κ3) is 5.53. The Bertz CT molecular complexity index is 701. The molecule has 26 heavy (non-hydrogen) atoms. The van der Waals surface area contributed by atoms with E-state index in [2.05, 4.69) is 13.8 Å². The molecule has 1 aliphatic rings. The lowest BCUT2D eigenvalue weighted by atomic mass is 10.0. The van der Waals surface area contributed by atoms with Crippen molar-refractivity contribution < 1.29 is 18.3 Å². The van der Waals surface area contributed by atoms with Crippen molar-refractivity contribution in [1.29, 1.82) is 0 Å². The average molecular weight is 383 g/mol. The minimum Gasteiger partial charge on any atom is -0.480 e. The first-order chi connectivity index (χ1) is 12.2. The molecule has 2 rings (SSSR count). The van der Waals surface area contributed by atoms with Gasteiger partial charge in [-0.15, -0.1) is 0 Å². The van der Waals surface area contributed by atoms with Crippen LogP contribution in [-0.4, -0.2) is 61.4 Å². The molecule has 0 spiro atoms. The zero-order valence-corrected chi connectivity index (χ0v) is 16.7. The first kappa shape index (κ1) is 20.9. The third-order valence-corrected chi connectivity index (χ3v) is 6.78. The highest BCUT2D eigenvalue weighted by molar-refractivity contribution is 7.89. The molecule has 1 heterocycles. The zero-order valence-electron chi connectivity index (χ0n) is 15.9. The summed E-state index contributed by atoms with van der Waals surface area (Å²) < 4.78 is 27.4. The van der Waals surface area contributed by atoms with Crippen molar-refractivity contribution in [1.82, 2.24) is 9.21 Å². The first-order valence-electron chi connectivity index (χ1n) is 9.21. The van der Waals surface area contributed by atoms with E-state index in [-0.39, 0.29) is 12.6 Å². The first-order valence-corrected chi connectivity index (χ1v) is 10.6. The smallest absolute Gasteiger partial charge is 0.317 e. The third-order valence-electron chi connectivity index (χ3n) is 4.87. The maximum Gasteiger partial charge on any atom is 0.317 e. The number of hydrogen-bond acceptors (Lipinski definition) is 4. The number of benzene rings is 1. The SMILES string of the molecule is CC(C)Cc1ccc(S(=O)(=O)N2CCCC(N(C)CC(=O)O)CC2)cc1. The van der Waals surface area contributed by atoms with Gasteiger partial charge in [-0.25, -0.2) is 8.42 Å². The number of sulfonamides is 1. The van der Waals surface area contributed by atoms with Gasteiger partial charge in [-0.05, 0) is 56.3 Å². The number of aliphatic carboxylic acids is 1. The van der Waals surface area contributed by atoms with Crippen LogP contribution in [-0.2, 0) is 21.2 Å². The van der Waals surface area contributed by atoms with Crippen LogP contribution >= 0.6 is 0 Å². The van der Waals surface area contributed by atoms with Gasteiger partial charge in [0.15, 0.2) is 0 Å². The van der Waals surface area contributed by atoms with Crippen molar-refractivity contribution in [3.63, 3.8) is 0 Å². The van der Waals surface area contributed by atoms with E-state index in [1.165, 1.54) is 0 Å². The highest BCUT2D eigenvalue weighted by Gasteiger charge is 2.29. The summed E-state index contributed by atoms with van der Waals surface area (Å²) >= 11 is 0. The summed E-state index contributed by atoms with van der Waals surface area (Å²) in [4.78, 5) is 13.0. The summed E-state index contributed by atoms with van der Waals surface area (Å²) in [5, 5.41) is 8.94. The molecule has 0 radical (unpaired) electrons. The lowest BCUT2D eigenvalue weighted by Gasteiger charge is -2.25. The molecule has 1 fully saturated rings. The van der Waals surface area contributed by atoms with Crippen molar-refractivity contribution in [3.8, 4) is 0 Å². The zero-order chi connectivity index (χ0) is 19.3. The van der Waals surface area contributed by atoms with E-state index < -0.39 is 16.0 Å².